The van der Waals surface area contributed by atoms with E-state index in [2.05, 4.69) is 4.98 Å². The van der Waals surface area contributed by atoms with Gasteiger partial charge in [0.25, 0.3) is 0 Å². The molecule has 0 fully saturated rings. The average molecular weight is 284 g/mol. The van der Waals surface area contributed by atoms with Crippen LogP contribution in [0.1, 0.15) is 30.8 Å². The van der Waals surface area contributed by atoms with Crippen LogP contribution in [-0.4, -0.2) is 14.7 Å². The summed E-state index contributed by atoms with van der Waals surface area (Å²) < 4.78 is 41.4. The van der Waals surface area contributed by atoms with Gasteiger partial charge in [0.1, 0.15) is 11.6 Å². The van der Waals surface area contributed by atoms with Gasteiger partial charge in [-0.1, -0.05) is 6.92 Å². The van der Waals surface area contributed by atoms with Gasteiger partial charge in [-0.05, 0) is 12.5 Å². The highest BCUT2D eigenvalue weighted by atomic mass is 19.2. The molecule has 6 heteroatoms. The van der Waals surface area contributed by atoms with Crippen LogP contribution in [0.15, 0.2) is 24.5 Å². The fourth-order valence-electron chi connectivity index (χ4n) is 2.05. The molecule has 1 N–H and O–H groups in total. The fraction of sp³-hybridized carbons (Fsp3) is 0.357. The second-order valence-electron chi connectivity index (χ2n) is 4.54. The third-order valence-electron chi connectivity index (χ3n) is 3.04. The predicted octanol–water partition coefficient (Wildman–Crippen LogP) is 2.99. The van der Waals surface area contributed by atoms with E-state index in [-0.39, 0.29) is 12.0 Å². The zero-order chi connectivity index (χ0) is 14.7. The Hall–Kier alpha value is -1.82. The van der Waals surface area contributed by atoms with Gasteiger partial charge in [-0.3, -0.25) is 0 Å². The second-order valence-corrected chi connectivity index (χ2v) is 4.54. The molecule has 0 saturated carbocycles. The fourth-order valence-corrected chi connectivity index (χ4v) is 2.05. The van der Waals surface area contributed by atoms with Crippen molar-refractivity contribution >= 4 is 0 Å². The molecule has 2 rings (SSSR count). The van der Waals surface area contributed by atoms with Gasteiger partial charge in [0.2, 0.25) is 0 Å². The van der Waals surface area contributed by atoms with Crippen molar-refractivity contribution in [3.63, 3.8) is 0 Å². The van der Waals surface area contributed by atoms with Crippen molar-refractivity contribution < 1.29 is 18.3 Å². The molecule has 0 radical (unpaired) electrons. The number of halogens is 3. The second kappa shape index (κ2) is 6.09. The minimum Gasteiger partial charge on any atom is -0.388 e. The van der Waals surface area contributed by atoms with Crippen molar-refractivity contribution in [1.29, 1.82) is 0 Å². The summed E-state index contributed by atoms with van der Waals surface area (Å²) in [6.07, 6.45) is 2.99. The Kier molecular flexibility index (Phi) is 4.44. The first-order valence-corrected chi connectivity index (χ1v) is 6.35. The minimum absolute atomic E-state index is 0.0367. The monoisotopic (exact) mass is 284 g/mol. The summed E-state index contributed by atoms with van der Waals surface area (Å²) in [6.45, 7) is 2.72. The molecule has 0 aliphatic heterocycles. The van der Waals surface area contributed by atoms with Gasteiger partial charge in [-0.25, -0.2) is 18.2 Å². The van der Waals surface area contributed by atoms with E-state index in [4.69, 9.17) is 0 Å². The zero-order valence-corrected chi connectivity index (χ0v) is 11.0. The smallest absolute Gasteiger partial charge is 0.161 e. The maximum absolute atomic E-state index is 13.6. The Balaban J connectivity index is 2.21. The Morgan fingerprint density at radius 3 is 2.60 bits per heavy atom. The molecule has 0 amide bonds. The lowest BCUT2D eigenvalue weighted by Gasteiger charge is -2.13. The summed E-state index contributed by atoms with van der Waals surface area (Å²) in [5.41, 5.74) is -0.269. The summed E-state index contributed by atoms with van der Waals surface area (Å²) >= 11 is 0. The number of rotatable bonds is 5. The SMILES string of the molecule is CCCn1ccnc1CC(O)c1cc(F)c(F)cc1F. The van der Waals surface area contributed by atoms with Crippen LogP contribution >= 0.6 is 0 Å². The topological polar surface area (TPSA) is 38.0 Å². The van der Waals surface area contributed by atoms with Crippen LogP contribution in [0, 0.1) is 17.5 Å². The molecule has 2 aromatic rings. The van der Waals surface area contributed by atoms with Crippen LogP contribution < -0.4 is 0 Å². The standard InChI is InChI=1S/C14H15F3N2O/c1-2-4-19-5-3-18-14(19)8-13(20)9-6-11(16)12(17)7-10(9)15/h3,5-7,13,20H,2,4,8H2,1H3. The molecule has 1 atom stereocenters. The molecule has 20 heavy (non-hydrogen) atoms. The van der Waals surface area contributed by atoms with Crippen LogP contribution in [0.25, 0.3) is 0 Å². The van der Waals surface area contributed by atoms with E-state index >= 15 is 0 Å². The third kappa shape index (κ3) is 3.01. The molecule has 0 spiro atoms. The number of nitrogens with zero attached hydrogens (tertiary/aromatic N) is 2. The number of hydrogen-bond acceptors (Lipinski definition) is 2. The van der Waals surface area contributed by atoms with Gasteiger partial charge in [0, 0.05) is 37.0 Å². The maximum atomic E-state index is 13.6. The highest BCUT2D eigenvalue weighted by molar-refractivity contribution is 5.23. The van der Waals surface area contributed by atoms with Gasteiger partial charge in [-0.2, -0.15) is 0 Å². The Morgan fingerprint density at radius 2 is 1.90 bits per heavy atom. The largest absolute Gasteiger partial charge is 0.388 e. The van der Waals surface area contributed by atoms with Crippen LogP contribution in [0.3, 0.4) is 0 Å². The van der Waals surface area contributed by atoms with E-state index in [1.54, 1.807) is 12.4 Å². The molecule has 0 aliphatic carbocycles. The van der Waals surface area contributed by atoms with Gasteiger partial charge in [-0.15, -0.1) is 0 Å². The van der Waals surface area contributed by atoms with E-state index in [0.717, 1.165) is 13.0 Å². The average Bonchev–Trinajstić information content (AvgIpc) is 2.81. The molecular weight excluding hydrogens is 269 g/mol. The zero-order valence-electron chi connectivity index (χ0n) is 11.0. The van der Waals surface area contributed by atoms with Crippen LogP contribution in [0.5, 0.6) is 0 Å². The van der Waals surface area contributed by atoms with Crippen molar-refractivity contribution in [2.24, 2.45) is 0 Å². The number of aryl methyl sites for hydroxylation is 1. The Labute approximate surface area is 114 Å². The van der Waals surface area contributed by atoms with Gasteiger partial charge in [0.05, 0.1) is 6.10 Å². The quantitative estimate of drug-likeness (QED) is 0.857. The van der Waals surface area contributed by atoms with E-state index in [1.165, 1.54) is 0 Å². The summed E-state index contributed by atoms with van der Waals surface area (Å²) in [5, 5.41) is 10.00. The number of benzene rings is 1. The first kappa shape index (κ1) is 14.6. The minimum atomic E-state index is -1.27. The molecule has 1 unspecified atom stereocenters. The maximum Gasteiger partial charge on any atom is 0.161 e. The third-order valence-corrected chi connectivity index (χ3v) is 3.04. The lowest BCUT2D eigenvalue weighted by atomic mass is 10.1. The highest BCUT2D eigenvalue weighted by Gasteiger charge is 2.19. The highest BCUT2D eigenvalue weighted by Crippen LogP contribution is 2.23. The summed E-state index contributed by atoms with van der Waals surface area (Å²) in [6, 6.07) is 1.12. The summed E-state index contributed by atoms with van der Waals surface area (Å²) in [5.74, 6) is -2.85. The van der Waals surface area contributed by atoms with Crippen LogP contribution in [-0.2, 0) is 13.0 Å². The van der Waals surface area contributed by atoms with E-state index in [0.29, 0.717) is 18.0 Å². The Morgan fingerprint density at radius 1 is 1.20 bits per heavy atom. The van der Waals surface area contributed by atoms with Crippen molar-refractivity contribution in [2.45, 2.75) is 32.4 Å². The van der Waals surface area contributed by atoms with Crippen molar-refractivity contribution in [3.05, 3.63) is 53.4 Å². The van der Waals surface area contributed by atoms with Crippen molar-refractivity contribution in [3.8, 4) is 0 Å². The van der Waals surface area contributed by atoms with Gasteiger partial charge >= 0.3 is 0 Å². The van der Waals surface area contributed by atoms with Crippen LogP contribution in [0.2, 0.25) is 0 Å². The molecular formula is C14H15F3N2O. The number of imidazole rings is 1. The van der Waals surface area contributed by atoms with E-state index < -0.39 is 23.6 Å². The number of aliphatic hydroxyl groups is 1. The number of aromatic nitrogens is 2. The normalized spacial score (nSPS) is 12.7. The molecule has 0 aliphatic rings. The van der Waals surface area contributed by atoms with E-state index in [9.17, 15) is 18.3 Å². The van der Waals surface area contributed by atoms with Crippen molar-refractivity contribution in [2.75, 3.05) is 0 Å². The summed E-state index contributed by atoms with van der Waals surface area (Å²) in [4.78, 5) is 4.08. The van der Waals surface area contributed by atoms with Gasteiger partial charge in [0.15, 0.2) is 11.6 Å². The lowest BCUT2D eigenvalue weighted by molar-refractivity contribution is 0.169. The first-order valence-electron chi connectivity index (χ1n) is 6.35. The van der Waals surface area contributed by atoms with Gasteiger partial charge < -0.3 is 9.67 Å². The van der Waals surface area contributed by atoms with Crippen LogP contribution in [0.4, 0.5) is 13.2 Å². The molecule has 108 valence electrons. The first-order chi connectivity index (χ1) is 9.52. The molecule has 1 heterocycles. The molecule has 0 saturated heterocycles. The van der Waals surface area contributed by atoms with E-state index in [1.807, 2.05) is 11.5 Å². The molecule has 3 nitrogen and oxygen atoms in total. The predicted molar refractivity (Wildman–Crippen MR) is 67.5 cm³/mol. The molecule has 1 aromatic carbocycles. The number of hydrogen-bond donors (Lipinski definition) is 1. The molecule has 0 bridgehead atoms. The Bertz CT molecular complexity index is 598. The molecule has 1 aromatic heterocycles. The number of aliphatic hydroxyl groups excluding tert-OH is 1. The van der Waals surface area contributed by atoms with Crippen molar-refractivity contribution in [1.82, 2.24) is 9.55 Å². The lowest BCUT2D eigenvalue weighted by Crippen LogP contribution is -2.11. The summed E-state index contributed by atoms with van der Waals surface area (Å²) in [7, 11) is 0.